The summed E-state index contributed by atoms with van der Waals surface area (Å²) in [7, 11) is -1.00. The summed E-state index contributed by atoms with van der Waals surface area (Å²) in [6.07, 6.45) is 2.48. The Balaban J connectivity index is 2.90. The molecular formula is C10H13FN2O3S. The minimum atomic E-state index is -1.26. The average molecular weight is 260 g/mol. The van der Waals surface area contributed by atoms with Crippen LogP contribution in [0.25, 0.3) is 0 Å². The lowest BCUT2D eigenvalue weighted by Gasteiger charge is -2.14. The third-order valence-corrected chi connectivity index (χ3v) is 2.92. The van der Waals surface area contributed by atoms with Gasteiger partial charge in [-0.2, -0.15) is 0 Å². The van der Waals surface area contributed by atoms with Crippen LogP contribution in [0, 0.1) is 5.82 Å². The quantitative estimate of drug-likeness (QED) is 0.828. The predicted molar refractivity (Wildman–Crippen MR) is 63.2 cm³/mol. The molecule has 1 heterocycles. The minimum Gasteiger partial charge on any atom is -0.478 e. The molecule has 2 unspecified atom stereocenters. The fourth-order valence-electron chi connectivity index (χ4n) is 1.34. The van der Waals surface area contributed by atoms with Crippen molar-refractivity contribution >= 4 is 22.6 Å². The van der Waals surface area contributed by atoms with Gasteiger partial charge in [-0.3, -0.25) is 4.21 Å². The van der Waals surface area contributed by atoms with Gasteiger partial charge in [-0.1, -0.05) is 0 Å². The molecule has 17 heavy (non-hydrogen) atoms. The Bertz CT molecular complexity index is 453. The van der Waals surface area contributed by atoms with Gasteiger partial charge < -0.3 is 10.4 Å². The molecule has 5 nitrogen and oxygen atoms in total. The number of carbonyl (C=O) groups is 1. The van der Waals surface area contributed by atoms with E-state index in [1.54, 1.807) is 13.2 Å². The standard InChI is InChI=1S/C10H13FN2O3S/c1-6(5-17(2)16)13-9-8(10(14)15)3-7(11)4-12-9/h3-4,6H,5H2,1-2H3,(H,12,13)(H,14,15). The van der Waals surface area contributed by atoms with Crippen molar-refractivity contribution < 1.29 is 18.5 Å². The molecule has 7 heteroatoms. The van der Waals surface area contributed by atoms with Gasteiger partial charge in [-0.05, 0) is 13.0 Å². The van der Waals surface area contributed by atoms with Crippen LogP contribution in [0.1, 0.15) is 17.3 Å². The summed E-state index contributed by atoms with van der Waals surface area (Å²) in [4.78, 5) is 14.6. The topological polar surface area (TPSA) is 79.3 Å². The van der Waals surface area contributed by atoms with E-state index in [0.717, 1.165) is 12.3 Å². The van der Waals surface area contributed by atoms with Gasteiger partial charge in [0.2, 0.25) is 0 Å². The first-order valence-electron chi connectivity index (χ1n) is 4.85. The van der Waals surface area contributed by atoms with Crippen molar-refractivity contribution in [2.75, 3.05) is 17.3 Å². The highest BCUT2D eigenvalue weighted by molar-refractivity contribution is 7.84. The largest absolute Gasteiger partial charge is 0.478 e. The molecule has 2 N–H and O–H groups in total. The molecule has 0 aliphatic heterocycles. The summed E-state index contributed by atoms with van der Waals surface area (Å²) in [6.45, 7) is 1.75. The van der Waals surface area contributed by atoms with Crippen molar-refractivity contribution in [2.24, 2.45) is 0 Å². The molecule has 0 bridgehead atoms. The molecule has 1 rings (SSSR count). The van der Waals surface area contributed by atoms with Crippen LogP contribution in [0.5, 0.6) is 0 Å². The van der Waals surface area contributed by atoms with Crippen molar-refractivity contribution in [1.82, 2.24) is 4.98 Å². The fraction of sp³-hybridized carbons (Fsp3) is 0.400. The molecule has 1 aromatic heterocycles. The van der Waals surface area contributed by atoms with Crippen LogP contribution in [0.2, 0.25) is 0 Å². The molecule has 0 aromatic carbocycles. The molecule has 94 valence electrons. The second-order valence-corrected chi connectivity index (χ2v) is 5.12. The first-order chi connectivity index (χ1) is 7.90. The first kappa shape index (κ1) is 13.6. The number of hydrogen-bond donors (Lipinski definition) is 2. The Morgan fingerprint density at radius 1 is 1.71 bits per heavy atom. The van der Waals surface area contributed by atoms with Gasteiger partial charge in [-0.15, -0.1) is 0 Å². The summed E-state index contributed by atoms with van der Waals surface area (Å²) in [5, 5.41) is 11.7. The third-order valence-electron chi connectivity index (χ3n) is 1.95. The Morgan fingerprint density at radius 2 is 2.35 bits per heavy atom. The van der Waals surface area contributed by atoms with Crippen LogP contribution in [0.4, 0.5) is 10.2 Å². The van der Waals surface area contributed by atoms with E-state index in [0.29, 0.717) is 5.75 Å². The Hall–Kier alpha value is -1.50. The van der Waals surface area contributed by atoms with E-state index >= 15 is 0 Å². The maximum Gasteiger partial charge on any atom is 0.339 e. The molecule has 0 radical (unpaired) electrons. The van der Waals surface area contributed by atoms with Gasteiger partial charge in [0.05, 0.1) is 6.20 Å². The summed E-state index contributed by atoms with van der Waals surface area (Å²) in [5.74, 6) is -1.53. The Kier molecular flexibility index (Phi) is 4.56. The lowest BCUT2D eigenvalue weighted by Crippen LogP contribution is -2.24. The summed E-state index contributed by atoms with van der Waals surface area (Å²) in [6, 6.07) is 0.685. The zero-order valence-corrected chi connectivity index (χ0v) is 10.3. The number of aromatic carboxylic acids is 1. The maximum absolute atomic E-state index is 12.9. The number of halogens is 1. The lowest BCUT2D eigenvalue weighted by molar-refractivity contribution is 0.0697. The molecule has 1 aromatic rings. The molecule has 0 aliphatic carbocycles. The Morgan fingerprint density at radius 3 is 2.88 bits per heavy atom. The monoisotopic (exact) mass is 260 g/mol. The number of nitrogens with zero attached hydrogens (tertiary/aromatic N) is 1. The molecule has 0 spiro atoms. The SMILES string of the molecule is CC(CS(C)=O)Nc1ncc(F)cc1C(=O)O. The van der Waals surface area contributed by atoms with Gasteiger partial charge in [0.1, 0.15) is 17.2 Å². The second-order valence-electron chi connectivity index (χ2n) is 3.64. The number of carboxylic acids is 1. The van der Waals surface area contributed by atoms with Crippen molar-refractivity contribution in [1.29, 1.82) is 0 Å². The smallest absolute Gasteiger partial charge is 0.339 e. The molecule has 0 aliphatic rings. The number of hydrogen-bond acceptors (Lipinski definition) is 4. The molecule has 0 fully saturated rings. The number of rotatable bonds is 5. The van der Waals surface area contributed by atoms with E-state index in [-0.39, 0.29) is 17.4 Å². The van der Waals surface area contributed by atoms with Crippen LogP contribution in [0.15, 0.2) is 12.3 Å². The van der Waals surface area contributed by atoms with Crippen molar-refractivity contribution in [2.45, 2.75) is 13.0 Å². The van der Waals surface area contributed by atoms with Crippen molar-refractivity contribution in [3.63, 3.8) is 0 Å². The zero-order chi connectivity index (χ0) is 13.0. The van der Waals surface area contributed by atoms with Crippen LogP contribution < -0.4 is 5.32 Å². The zero-order valence-electron chi connectivity index (χ0n) is 9.44. The summed E-state index contributed by atoms with van der Waals surface area (Å²) >= 11 is 0. The number of pyridine rings is 1. The Labute approximate surface area is 101 Å². The number of anilines is 1. The molecule has 0 saturated heterocycles. The highest BCUT2D eigenvalue weighted by Crippen LogP contribution is 2.14. The molecular weight excluding hydrogens is 247 g/mol. The maximum atomic E-state index is 12.9. The fourth-order valence-corrected chi connectivity index (χ4v) is 2.13. The van der Waals surface area contributed by atoms with Crippen LogP contribution in [-0.2, 0) is 10.8 Å². The van der Waals surface area contributed by atoms with E-state index in [2.05, 4.69) is 10.3 Å². The van der Waals surface area contributed by atoms with Crippen LogP contribution >= 0.6 is 0 Å². The summed E-state index contributed by atoms with van der Waals surface area (Å²) in [5.41, 5.74) is -0.237. The second kappa shape index (κ2) is 5.72. The summed E-state index contributed by atoms with van der Waals surface area (Å²) < 4.78 is 23.8. The van der Waals surface area contributed by atoms with Crippen LogP contribution in [-0.4, -0.2) is 38.3 Å². The van der Waals surface area contributed by atoms with E-state index in [1.165, 1.54) is 0 Å². The third kappa shape index (κ3) is 4.10. The number of aromatic nitrogens is 1. The van der Waals surface area contributed by atoms with Gasteiger partial charge in [0, 0.05) is 28.9 Å². The van der Waals surface area contributed by atoms with Gasteiger partial charge in [-0.25, -0.2) is 14.2 Å². The normalized spacial score (nSPS) is 14.1. The highest BCUT2D eigenvalue weighted by Gasteiger charge is 2.15. The van der Waals surface area contributed by atoms with E-state index in [1.807, 2.05) is 0 Å². The van der Waals surface area contributed by atoms with E-state index in [9.17, 15) is 13.4 Å². The molecule has 0 saturated carbocycles. The van der Waals surface area contributed by atoms with Crippen LogP contribution in [0.3, 0.4) is 0 Å². The predicted octanol–water partition coefficient (Wildman–Crippen LogP) is 1.10. The lowest BCUT2D eigenvalue weighted by atomic mass is 10.2. The molecule has 0 amide bonds. The average Bonchev–Trinajstić information content (AvgIpc) is 2.19. The van der Waals surface area contributed by atoms with Crippen molar-refractivity contribution in [3.05, 3.63) is 23.6 Å². The van der Waals surface area contributed by atoms with E-state index in [4.69, 9.17) is 5.11 Å². The van der Waals surface area contributed by atoms with Gasteiger partial charge in [0.25, 0.3) is 0 Å². The van der Waals surface area contributed by atoms with Crippen molar-refractivity contribution in [3.8, 4) is 0 Å². The number of nitrogens with one attached hydrogen (secondary N) is 1. The molecule has 2 atom stereocenters. The highest BCUT2D eigenvalue weighted by atomic mass is 32.2. The van der Waals surface area contributed by atoms with Gasteiger partial charge in [0.15, 0.2) is 0 Å². The van der Waals surface area contributed by atoms with Gasteiger partial charge >= 0.3 is 5.97 Å². The first-order valence-corrected chi connectivity index (χ1v) is 6.58. The van der Waals surface area contributed by atoms with E-state index < -0.39 is 22.6 Å². The number of carboxylic acid groups (broad SMARTS) is 1. The minimum absolute atomic E-state index is 0.0804.